The highest BCUT2D eigenvalue weighted by Crippen LogP contribution is 2.30. The van der Waals surface area contributed by atoms with E-state index in [1.165, 1.54) is 19.4 Å². The minimum atomic E-state index is 0.619. The van der Waals surface area contributed by atoms with Gasteiger partial charge in [0.25, 0.3) is 0 Å². The molecule has 0 spiro atoms. The van der Waals surface area contributed by atoms with Gasteiger partial charge in [-0.25, -0.2) is 0 Å². The predicted molar refractivity (Wildman–Crippen MR) is 91.1 cm³/mol. The van der Waals surface area contributed by atoms with Crippen LogP contribution in [-0.4, -0.2) is 43.4 Å². The Bertz CT molecular complexity index is 509. The maximum atomic E-state index is 9.53. The Morgan fingerprint density at radius 2 is 2.24 bits per heavy atom. The molecule has 1 aromatic carbocycles. The van der Waals surface area contributed by atoms with E-state index >= 15 is 0 Å². The van der Waals surface area contributed by atoms with Gasteiger partial charge in [0.2, 0.25) is 0 Å². The van der Waals surface area contributed by atoms with Crippen molar-refractivity contribution in [2.24, 2.45) is 0 Å². The Hall–Kier alpha value is -1.18. The largest absolute Gasteiger partial charge is 0.372 e. The zero-order valence-corrected chi connectivity index (χ0v) is 14.1. The number of hydrogen-bond donors (Lipinski definition) is 0. The lowest BCUT2D eigenvalue weighted by Gasteiger charge is -2.29. The van der Waals surface area contributed by atoms with Crippen molar-refractivity contribution in [2.45, 2.75) is 37.6 Å². The SMILES string of the molecule is CCSc1cccc(N(C)CC2CCCN2CC)c1C#N. The molecule has 1 fully saturated rings. The van der Waals surface area contributed by atoms with Crippen molar-refractivity contribution in [3.63, 3.8) is 0 Å². The molecule has 0 saturated carbocycles. The number of anilines is 1. The van der Waals surface area contributed by atoms with Crippen LogP contribution in [0.15, 0.2) is 23.1 Å². The summed E-state index contributed by atoms with van der Waals surface area (Å²) in [5, 5.41) is 9.53. The van der Waals surface area contributed by atoms with Crippen LogP contribution < -0.4 is 4.90 Å². The molecule has 1 aromatic rings. The van der Waals surface area contributed by atoms with Crippen LogP contribution in [0.4, 0.5) is 5.69 Å². The molecular formula is C17H25N3S. The van der Waals surface area contributed by atoms with E-state index in [-0.39, 0.29) is 0 Å². The lowest BCUT2D eigenvalue weighted by atomic mass is 10.1. The van der Waals surface area contributed by atoms with Crippen LogP contribution in [0.5, 0.6) is 0 Å². The zero-order chi connectivity index (χ0) is 15.2. The maximum Gasteiger partial charge on any atom is 0.103 e. The first kappa shape index (κ1) is 16.2. The van der Waals surface area contributed by atoms with Gasteiger partial charge in [0.05, 0.1) is 11.3 Å². The van der Waals surface area contributed by atoms with E-state index < -0.39 is 0 Å². The number of benzene rings is 1. The molecule has 1 aliphatic heterocycles. The van der Waals surface area contributed by atoms with Crippen molar-refractivity contribution < 1.29 is 0 Å². The molecule has 1 saturated heterocycles. The molecule has 1 aliphatic rings. The molecule has 0 aliphatic carbocycles. The van der Waals surface area contributed by atoms with Gasteiger partial charge in [-0.2, -0.15) is 5.26 Å². The van der Waals surface area contributed by atoms with Gasteiger partial charge < -0.3 is 4.90 Å². The first-order valence-corrected chi connectivity index (χ1v) is 8.80. The Morgan fingerprint density at radius 1 is 1.43 bits per heavy atom. The normalized spacial score (nSPS) is 18.7. The predicted octanol–water partition coefficient (Wildman–Crippen LogP) is 3.59. The second-order valence-electron chi connectivity index (χ2n) is 5.50. The Kier molecular flexibility index (Phi) is 5.96. The Labute approximate surface area is 132 Å². The van der Waals surface area contributed by atoms with E-state index in [0.717, 1.165) is 35.0 Å². The molecule has 1 unspecified atom stereocenters. The molecule has 0 N–H and O–H groups in total. The van der Waals surface area contributed by atoms with Gasteiger partial charge >= 0.3 is 0 Å². The van der Waals surface area contributed by atoms with Crippen LogP contribution in [-0.2, 0) is 0 Å². The zero-order valence-electron chi connectivity index (χ0n) is 13.3. The number of nitriles is 1. The van der Waals surface area contributed by atoms with Crippen molar-refractivity contribution in [1.29, 1.82) is 5.26 Å². The van der Waals surface area contributed by atoms with E-state index in [1.807, 2.05) is 0 Å². The minimum Gasteiger partial charge on any atom is -0.372 e. The third kappa shape index (κ3) is 3.72. The number of thioether (sulfide) groups is 1. The van der Waals surface area contributed by atoms with Crippen LogP contribution in [0.1, 0.15) is 32.3 Å². The first-order chi connectivity index (χ1) is 10.2. The van der Waals surface area contributed by atoms with E-state index in [9.17, 15) is 5.26 Å². The van der Waals surface area contributed by atoms with Gasteiger partial charge in [0, 0.05) is 24.5 Å². The average Bonchev–Trinajstić information content (AvgIpc) is 2.94. The molecule has 0 radical (unpaired) electrons. The molecule has 0 amide bonds. The van der Waals surface area contributed by atoms with Crippen LogP contribution in [0.25, 0.3) is 0 Å². The van der Waals surface area contributed by atoms with Gasteiger partial charge in [-0.3, -0.25) is 4.90 Å². The summed E-state index contributed by atoms with van der Waals surface area (Å²) in [6.45, 7) is 7.70. The number of likely N-dealkylation sites (N-methyl/N-ethyl adjacent to an activating group) is 2. The summed E-state index contributed by atoms with van der Waals surface area (Å²) < 4.78 is 0. The second kappa shape index (κ2) is 7.72. The Morgan fingerprint density at radius 3 is 2.90 bits per heavy atom. The third-order valence-corrected chi connectivity index (χ3v) is 5.16. The molecule has 1 heterocycles. The summed E-state index contributed by atoms with van der Waals surface area (Å²) in [5.41, 5.74) is 1.90. The van der Waals surface area contributed by atoms with Crippen LogP contribution >= 0.6 is 11.8 Å². The molecular weight excluding hydrogens is 278 g/mol. The summed E-state index contributed by atoms with van der Waals surface area (Å²) in [6.07, 6.45) is 2.56. The molecule has 0 aromatic heterocycles. The lowest BCUT2D eigenvalue weighted by molar-refractivity contribution is 0.270. The van der Waals surface area contributed by atoms with Crippen LogP contribution in [0, 0.1) is 11.3 Å². The smallest absolute Gasteiger partial charge is 0.103 e. The summed E-state index contributed by atoms with van der Waals surface area (Å²) in [5.74, 6) is 0.994. The summed E-state index contributed by atoms with van der Waals surface area (Å²) in [6, 6.07) is 9.22. The van der Waals surface area contributed by atoms with Gasteiger partial charge in [-0.15, -0.1) is 11.8 Å². The fraction of sp³-hybridized carbons (Fsp3) is 0.588. The molecule has 3 nitrogen and oxygen atoms in total. The average molecular weight is 303 g/mol. The minimum absolute atomic E-state index is 0.619. The molecule has 0 bridgehead atoms. The van der Waals surface area contributed by atoms with Crippen molar-refractivity contribution in [3.8, 4) is 6.07 Å². The van der Waals surface area contributed by atoms with E-state index in [2.05, 4.69) is 55.0 Å². The summed E-state index contributed by atoms with van der Waals surface area (Å²) in [4.78, 5) is 5.91. The fourth-order valence-electron chi connectivity index (χ4n) is 3.16. The van der Waals surface area contributed by atoms with Crippen molar-refractivity contribution >= 4 is 17.4 Å². The highest BCUT2D eigenvalue weighted by molar-refractivity contribution is 7.99. The van der Waals surface area contributed by atoms with Crippen LogP contribution in [0.3, 0.4) is 0 Å². The van der Waals surface area contributed by atoms with Crippen molar-refractivity contribution in [2.75, 3.05) is 37.3 Å². The van der Waals surface area contributed by atoms with Crippen molar-refractivity contribution in [1.82, 2.24) is 4.90 Å². The van der Waals surface area contributed by atoms with Gasteiger partial charge in [0.15, 0.2) is 0 Å². The summed E-state index contributed by atoms with van der Waals surface area (Å²) >= 11 is 1.75. The molecule has 1 atom stereocenters. The number of nitrogens with zero attached hydrogens (tertiary/aromatic N) is 3. The fourth-order valence-corrected chi connectivity index (χ4v) is 3.94. The van der Waals surface area contributed by atoms with E-state index in [1.54, 1.807) is 11.8 Å². The van der Waals surface area contributed by atoms with Crippen LogP contribution in [0.2, 0.25) is 0 Å². The molecule has 114 valence electrons. The van der Waals surface area contributed by atoms with E-state index in [4.69, 9.17) is 0 Å². The first-order valence-electron chi connectivity index (χ1n) is 7.82. The quantitative estimate of drug-likeness (QED) is 0.751. The highest BCUT2D eigenvalue weighted by Gasteiger charge is 2.25. The van der Waals surface area contributed by atoms with Crippen molar-refractivity contribution in [3.05, 3.63) is 23.8 Å². The van der Waals surface area contributed by atoms with Gasteiger partial charge in [-0.05, 0) is 43.8 Å². The lowest BCUT2D eigenvalue weighted by Crippen LogP contribution is -2.39. The van der Waals surface area contributed by atoms with E-state index in [0.29, 0.717) is 6.04 Å². The molecule has 4 heteroatoms. The number of hydrogen-bond acceptors (Lipinski definition) is 4. The highest BCUT2D eigenvalue weighted by atomic mass is 32.2. The number of likely N-dealkylation sites (tertiary alicyclic amines) is 1. The standard InChI is InChI=1S/C17H25N3S/c1-4-20-11-7-8-14(20)13-19(3)16-9-6-10-17(21-5-2)15(16)12-18/h6,9-10,14H,4-5,7-8,11,13H2,1-3H3. The van der Waals surface area contributed by atoms with Gasteiger partial charge in [-0.1, -0.05) is 19.9 Å². The monoisotopic (exact) mass is 303 g/mol. The van der Waals surface area contributed by atoms with Gasteiger partial charge in [0.1, 0.15) is 6.07 Å². The maximum absolute atomic E-state index is 9.53. The molecule has 2 rings (SSSR count). The third-order valence-electron chi connectivity index (χ3n) is 4.22. The second-order valence-corrected chi connectivity index (χ2v) is 6.81. The molecule has 21 heavy (non-hydrogen) atoms. The Balaban J connectivity index is 2.17. The number of rotatable bonds is 6. The topological polar surface area (TPSA) is 30.3 Å². The summed E-state index contributed by atoms with van der Waals surface area (Å²) in [7, 11) is 2.11.